The first-order valence-corrected chi connectivity index (χ1v) is 30.3. The topological polar surface area (TPSA) is 12.5 Å². The average Bonchev–Trinajstić information content (AvgIpc) is 1.57. The van der Waals surface area contributed by atoms with E-state index in [0.717, 1.165) is 52.5 Å². The summed E-state index contributed by atoms with van der Waals surface area (Å²) in [5, 5.41) is 0. The van der Waals surface area contributed by atoms with Gasteiger partial charge in [-0.1, -0.05) is 254 Å². The maximum atomic E-state index is 6.84. The molecule has 0 amide bonds. The van der Waals surface area contributed by atoms with Crippen molar-refractivity contribution in [2.45, 2.75) is 38.9 Å². The lowest BCUT2D eigenvalue weighted by molar-refractivity contribution is 0.436. The molecule has 2 spiro atoms. The van der Waals surface area contributed by atoms with E-state index in [0.29, 0.717) is 0 Å². The molecule has 2 heterocycles. The van der Waals surface area contributed by atoms with E-state index in [1.807, 2.05) is 11.8 Å². The molecule has 0 aromatic heterocycles. The van der Waals surface area contributed by atoms with E-state index in [2.05, 4.69) is 302 Å². The van der Waals surface area contributed by atoms with Gasteiger partial charge in [-0.2, -0.15) is 0 Å². The Bertz CT molecular complexity index is 4690. The van der Waals surface area contributed by atoms with Crippen molar-refractivity contribution < 1.29 is 4.74 Å². The largest absolute Gasteiger partial charge is 0.457 e. The fourth-order valence-electron chi connectivity index (χ4n) is 16.3. The highest BCUT2D eigenvalue weighted by molar-refractivity contribution is 7.99. The summed E-state index contributed by atoms with van der Waals surface area (Å²) in [6.07, 6.45) is 6.81. The number of ether oxygens (including phenoxy) is 1. The van der Waals surface area contributed by atoms with Gasteiger partial charge in [-0.15, -0.1) is 0 Å². The van der Waals surface area contributed by atoms with Crippen molar-refractivity contribution in [2.24, 2.45) is 0 Å². The van der Waals surface area contributed by atoms with Crippen LogP contribution in [0.4, 0.5) is 17.1 Å². The molecule has 18 rings (SSSR count). The Morgan fingerprint density at radius 2 is 0.845 bits per heavy atom. The normalized spacial score (nSPS) is 15.8. The minimum absolute atomic E-state index is 0.477. The molecule has 0 atom stereocenters. The van der Waals surface area contributed by atoms with E-state index in [4.69, 9.17) is 4.74 Å². The molecule has 0 fully saturated rings. The van der Waals surface area contributed by atoms with Crippen LogP contribution in [0, 0.1) is 0 Å². The van der Waals surface area contributed by atoms with Crippen molar-refractivity contribution in [3.8, 4) is 44.9 Å². The van der Waals surface area contributed by atoms with Crippen LogP contribution in [-0.4, -0.2) is 0 Å². The molecule has 0 bridgehead atoms. The predicted octanol–water partition coefficient (Wildman–Crippen LogP) is 20.6. The summed E-state index contributed by atoms with van der Waals surface area (Å²) in [6, 6.07) is 107. The van der Waals surface area contributed by atoms with Gasteiger partial charge in [0, 0.05) is 37.9 Å². The Kier molecular flexibility index (Phi) is 10.2. The summed E-state index contributed by atoms with van der Waals surface area (Å²) in [6.45, 7) is 0. The van der Waals surface area contributed by atoms with E-state index < -0.39 is 16.2 Å². The van der Waals surface area contributed by atoms with Gasteiger partial charge < -0.3 is 9.64 Å². The third kappa shape index (κ3) is 6.21. The summed E-state index contributed by atoms with van der Waals surface area (Å²) in [7, 11) is 0. The first kappa shape index (κ1) is 47.7. The minimum Gasteiger partial charge on any atom is -0.457 e. The first-order chi connectivity index (χ1) is 41.7. The number of para-hydroxylation sites is 2. The second-order valence-electron chi connectivity index (χ2n) is 23.1. The number of rotatable bonds is 6. The molecule has 4 aliphatic carbocycles. The molecular formula is C81H53NOS. The van der Waals surface area contributed by atoms with Crippen molar-refractivity contribution >= 4 is 34.4 Å². The molecule has 0 unspecified atom stereocenters. The van der Waals surface area contributed by atoms with Gasteiger partial charge in [-0.05, 0) is 162 Å². The quantitative estimate of drug-likeness (QED) is 0.165. The lowest BCUT2D eigenvalue weighted by Gasteiger charge is -2.40. The Hall–Kier alpha value is -9.93. The van der Waals surface area contributed by atoms with Crippen LogP contribution in [-0.2, 0) is 16.2 Å². The molecule has 6 aliphatic rings. The molecule has 84 heavy (non-hydrogen) atoms. The van der Waals surface area contributed by atoms with Crippen LogP contribution in [0.3, 0.4) is 0 Å². The van der Waals surface area contributed by atoms with Crippen LogP contribution in [0.2, 0.25) is 0 Å². The van der Waals surface area contributed by atoms with Gasteiger partial charge in [-0.25, -0.2) is 0 Å². The Morgan fingerprint density at radius 1 is 0.345 bits per heavy atom. The third-order valence-electron chi connectivity index (χ3n) is 19.4. The molecule has 0 saturated heterocycles. The number of allylic oxidation sites excluding steroid dienone is 4. The molecular weight excluding hydrogens is 1030 g/mol. The number of hydrogen-bond acceptors (Lipinski definition) is 3. The molecule has 12 aromatic rings. The molecule has 2 aliphatic heterocycles. The minimum atomic E-state index is -0.640. The molecule has 12 aromatic carbocycles. The van der Waals surface area contributed by atoms with Gasteiger partial charge in [0.05, 0.1) is 21.9 Å². The Morgan fingerprint density at radius 3 is 1.54 bits per heavy atom. The molecule has 0 N–H and O–H groups in total. The first-order valence-electron chi connectivity index (χ1n) is 29.5. The van der Waals surface area contributed by atoms with E-state index in [-0.39, 0.29) is 0 Å². The van der Waals surface area contributed by atoms with Crippen molar-refractivity contribution in [3.63, 3.8) is 0 Å². The highest BCUT2D eigenvalue weighted by Gasteiger charge is 2.54. The maximum absolute atomic E-state index is 6.84. The molecule has 0 saturated carbocycles. The summed E-state index contributed by atoms with van der Waals surface area (Å²) in [4.78, 5) is 5.18. The molecule has 394 valence electrons. The van der Waals surface area contributed by atoms with E-state index in [1.54, 1.807) is 0 Å². The van der Waals surface area contributed by atoms with Crippen LogP contribution in [0.1, 0.15) is 79.6 Å². The molecule has 0 radical (unpaired) electrons. The van der Waals surface area contributed by atoms with Crippen LogP contribution < -0.4 is 9.64 Å². The second-order valence-corrected chi connectivity index (χ2v) is 24.2. The van der Waals surface area contributed by atoms with E-state index in [1.165, 1.54) is 110 Å². The summed E-state index contributed by atoms with van der Waals surface area (Å²) in [5.74, 6) is 1.77. The molecule has 2 nitrogen and oxygen atoms in total. The lowest BCUT2D eigenvalue weighted by Crippen LogP contribution is -2.32. The maximum Gasteiger partial charge on any atom is 0.132 e. The molecule has 3 heteroatoms. The monoisotopic (exact) mass is 1090 g/mol. The van der Waals surface area contributed by atoms with Gasteiger partial charge >= 0.3 is 0 Å². The zero-order chi connectivity index (χ0) is 55.1. The fourth-order valence-corrected chi connectivity index (χ4v) is 17.5. The zero-order valence-corrected chi connectivity index (χ0v) is 46.8. The smallest absolute Gasteiger partial charge is 0.132 e. The van der Waals surface area contributed by atoms with Crippen molar-refractivity contribution in [1.82, 2.24) is 0 Å². The average molecular weight is 1090 g/mol. The SMILES string of the molecule is C1=CC2=C(CC1)c1c(-c3cccc(N(c4ccc5c(c4)-c4ccccc4C54c5ccccc5Sc5ccccc54)c4cccc5c4-c4ccccc4C54c5ccccc5Oc5ccccc54)c3)cccc1C2(c1ccccc1)c1ccccc1. The van der Waals surface area contributed by atoms with Crippen molar-refractivity contribution in [1.29, 1.82) is 0 Å². The fraction of sp³-hybridized carbons (Fsp3) is 0.0617. The zero-order valence-electron chi connectivity index (χ0n) is 46.0. The Labute approximate surface area is 494 Å². The van der Waals surface area contributed by atoms with Crippen molar-refractivity contribution in [2.75, 3.05) is 4.90 Å². The highest BCUT2D eigenvalue weighted by Crippen LogP contribution is 2.67. The van der Waals surface area contributed by atoms with Crippen LogP contribution in [0.15, 0.2) is 313 Å². The summed E-state index contributed by atoms with van der Waals surface area (Å²) < 4.78 is 6.84. The summed E-state index contributed by atoms with van der Waals surface area (Å²) in [5.41, 5.74) is 27.3. The number of hydrogen-bond donors (Lipinski definition) is 0. The third-order valence-corrected chi connectivity index (χ3v) is 20.5. The predicted molar refractivity (Wildman–Crippen MR) is 343 cm³/mol. The number of fused-ring (bicyclic) bond motifs is 20. The van der Waals surface area contributed by atoms with Crippen LogP contribution in [0.25, 0.3) is 39.0 Å². The van der Waals surface area contributed by atoms with Gasteiger partial charge in [-0.3, -0.25) is 0 Å². The van der Waals surface area contributed by atoms with E-state index >= 15 is 0 Å². The highest BCUT2D eigenvalue weighted by atomic mass is 32.2. The van der Waals surface area contributed by atoms with E-state index in [9.17, 15) is 0 Å². The summed E-state index contributed by atoms with van der Waals surface area (Å²) >= 11 is 1.89. The Balaban J connectivity index is 0.907. The van der Waals surface area contributed by atoms with Gasteiger partial charge in [0.2, 0.25) is 0 Å². The van der Waals surface area contributed by atoms with Crippen LogP contribution in [0.5, 0.6) is 11.5 Å². The van der Waals surface area contributed by atoms with Crippen molar-refractivity contribution in [3.05, 3.63) is 370 Å². The van der Waals surface area contributed by atoms with Crippen LogP contribution >= 0.6 is 11.8 Å². The second kappa shape index (κ2) is 18.0. The van der Waals surface area contributed by atoms with Gasteiger partial charge in [0.15, 0.2) is 0 Å². The number of benzene rings is 12. The van der Waals surface area contributed by atoms with Gasteiger partial charge in [0.1, 0.15) is 11.5 Å². The number of nitrogens with zero attached hydrogens (tertiary/aromatic N) is 1. The standard InChI is InChI=1S/C81H53NOS/c1-3-25-53(26-4-1)79(54-27-5-2-6-28-54)63-35-11-8-31-59(63)77-57(33-22-41-70(77)79)52-24-21-29-55(50-52)82(56-48-49-65-61(51-56)58-30-7-10-34-62(58)80(65)68-39-15-19-46-75(68)84-76-47-20-16-40-69(76)80)72-43-23-42-71-78(72)60-32-9-12-36-64(60)81(71)66-37-13-17-44-73(66)83-74-45-18-14-38-67(74)81/h1-7,9-30,32-51H,8,31H2. The number of anilines is 3. The lowest BCUT2D eigenvalue weighted by atomic mass is 9.66. The van der Waals surface area contributed by atoms with Gasteiger partial charge in [0.25, 0.3) is 0 Å².